The third-order valence-corrected chi connectivity index (χ3v) is 10.9. The smallest absolute Gasteiger partial charge is 0.306 e. The van der Waals surface area contributed by atoms with E-state index in [2.05, 4.69) is 13.8 Å². The summed E-state index contributed by atoms with van der Waals surface area (Å²) in [7, 11) is 1.37. The number of phosphoric acid groups is 1. The van der Waals surface area contributed by atoms with Gasteiger partial charge < -0.3 is 27.9 Å². The predicted octanol–water partition coefficient (Wildman–Crippen LogP) is 12.3. The summed E-state index contributed by atoms with van der Waals surface area (Å²) in [4.78, 5) is 24.8. The Kier molecular flexibility index (Phi) is 37.1. The topological polar surface area (TPSA) is 94.1 Å². The number of hydrogen-bond acceptors (Lipinski definition) is 7. The summed E-state index contributed by atoms with van der Waals surface area (Å²) in [5.41, 5.74) is 0. The Morgan fingerprint density at radius 1 is 0.519 bits per heavy atom. The molecule has 0 aromatic rings. The van der Waals surface area contributed by atoms with Gasteiger partial charge in [0.1, 0.15) is 19.3 Å². The van der Waals surface area contributed by atoms with E-state index < -0.39 is 13.9 Å². The van der Waals surface area contributed by atoms with Gasteiger partial charge in [0.05, 0.1) is 34.4 Å². The molecule has 0 amide bonds. The zero-order valence-corrected chi connectivity index (χ0v) is 36.2. The fourth-order valence-electron chi connectivity index (χ4n) is 6.43. The first-order valence-corrected chi connectivity index (χ1v) is 23.7. The van der Waals surface area contributed by atoms with Crippen molar-refractivity contribution in [3.05, 3.63) is 0 Å². The minimum atomic E-state index is -4.51. The lowest BCUT2D eigenvalue weighted by molar-refractivity contribution is -0.870. The average molecular weight is 762 g/mol. The molecule has 0 radical (unpaired) electrons. The molecule has 2 atom stereocenters. The molecule has 0 heterocycles. The van der Waals surface area contributed by atoms with E-state index >= 15 is 0 Å². The monoisotopic (exact) mass is 762 g/mol. The summed E-state index contributed by atoms with van der Waals surface area (Å²) in [6.07, 6.45) is 38.6. The highest BCUT2D eigenvalue weighted by atomic mass is 31.2. The van der Waals surface area contributed by atoms with Crippen LogP contribution in [0.15, 0.2) is 0 Å². The molecular weight excluding hydrogens is 673 g/mol. The quantitative estimate of drug-likeness (QED) is 0.0264. The van der Waals surface area contributed by atoms with Crippen LogP contribution in [0.25, 0.3) is 0 Å². The zero-order valence-electron chi connectivity index (χ0n) is 35.3. The SMILES string of the molecule is CCCCCCCCCCCCCCCCCCCCCCCCCOCC(COP(=O)([O-])OCC[N+](C)(C)C)OC(=O)CCCCCCCCC. The first kappa shape index (κ1) is 51.5. The highest BCUT2D eigenvalue weighted by Crippen LogP contribution is 2.38. The van der Waals surface area contributed by atoms with Crippen LogP contribution >= 0.6 is 7.82 Å². The molecule has 9 heteroatoms. The molecule has 0 aliphatic heterocycles. The van der Waals surface area contributed by atoms with Crippen LogP contribution in [0, 0.1) is 0 Å². The molecule has 0 aliphatic carbocycles. The summed E-state index contributed by atoms with van der Waals surface area (Å²) >= 11 is 0. The minimum Gasteiger partial charge on any atom is -0.756 e. The van der Waals surface area contributed by atoms with Crippen LogP contribution in [0.3, 0.4) is 0 Å². The van der Waals surface area contributed by atoms with E-state index in [1.807, 2.05) is 21.1 Å². The number of unbranched alkanes of at least 4 members (excludes halogenated alkanes) is 28. The number of carbonyl (C=O) groups excluding carboxylic acids is 1. The van der Waals surface area contributed by atoms with Crippen LogP contribution in [0.5, 0.6) is 0 Å². The van der Waals surface area contributed by atoms with Crippen molar-refractivity contribution in [1.29, 1.82) is 0 Å². The molecule has 312 valence electrons. The zero-order chi connectivity index (χ0) is 38.4. The van der Waals surface area contributed by atoms with Crippen molar-refractivity contribution in [2.75, 3.05) is 54.1 Å². The third-order valence-electron chi connectivity index (χ3n) is 9.91. The van der Waals surface area contributed by atoms with E-state index in [9.17, 15) is 14.3 Å². The van der Waals surface area contributed by atoms with Crippen LogP contribution in [0.1, 0.15) is 213 Å². The summed E-state index contributed by atoms with van der Waals surface area (Å²) in [6, 6.07) is 0. The van der Waals surface area contributed by atoms with Crippen LogP contribution in [0.4, 0.5) is 0 Å². The molecule has 0 spiro atoms. The van der Waals surface area contributed by atoms with E-state index in [4.69, 9.17) is 18.5 Å². The second-order valence-electron chi connectivity index (χ2n) is 16.4. The standard InChI is InChI=1S/C43H88NO7P/c1-6-8-10-12-14-15-16-17-18-19-20-21-22-23-24-25-26-27-28-29-31-33-35-38-48-40-42(41-50-52(46,47)49-39-37-44(3,4)5)51-43(45)36-34-32-30-13-11-9-7-2/h42H,6-41H2,1-5H3. The van der Waals surface area contributed by atoms with Gasteiger partial charge in [0, 0.05) is 13.0 Å². The van der Waals surface area contributed by atoms with Gasteiger partial charge in [0.15, 0.2) is 0 Å². The fraction of sp³-hybridized carbons (Fsp3) is 0.977. The van der Waals surface area contributed by atoms with E-state index in [1.54, 1.807) is 0 Å². The normalized spacial score (nSPS) is 13.7. The van der Waals surface area contributed by atoms with E-state index in [0.29, 0.717) is 24.1 Å². The molecule has 8 nitrogen and oxygen atoms in total. The van der Waals surface area contributed by atoms with Gasteiger partial charge in [-0.05, 0) is 12.8 Å². The maximum absolute atomic E-state index is 12.5. The Labute approximate surface area is 323 Å². The maximum Gasteiger partial charge on any atom is 0.306 e. The molecule has 0 rings (SSSR count). The van der Waals surface area contributed by atoms with Crippen LogP contribution < -0.4 is 4.89 Å². The van der Waals surface area contributed by atoms with Gasteiger partial charge in [0.2, 0.25) is 0 Å². The molecule has 0 aliphatic rings. The molecule has 0 bridgehead atoms. The number of hydrogen-bond donors (Lipinski definition) is 0. The second-order valence-corrected chi connectivity index (χ2v) is 17.8. The predicted molar refractivity (Wildman–Crippen MR) is 218 cm³/mol. The van der Waals surface area contributed by atoms with Gasteiger partial charge in [-0.3, -0.25) is 9.36 Å². The second kappa shape index (κ2) is 37.4. The molecule has 0 fully saturated rings. The lowest BCUT2D eigenvalue weighted by Crippen LogP contribution is -2.37. The van der Waals surface area contributed by atoms with Crippen LogP contribution in [-0.4, -0.2) is 70.7 Å². The first-order valence-electron chi connectivity index (χ1n) is 22.3. The Morgan fingerprint density at radius 3 is 1.27 bits per heavy atom. The summed E-state index contributed by atoms with van der Waals surface area (Å²) in [5.74, 6) is -0.336. The molecule has 0 aromatic carbocycles. The lowest BCUT2D eigenvalue weighted by Gasteiger charge is -2.28. The molecule has 0 saturated carbocycles. The van der Waals surface area contributed by atoms with Gasteiger partial charge in [0.25, 0.3) is 7.82 Å². The lowest BCUT2D eigenvalue weighted by atomic mass is 10.0. The number of carbonyl (C=O) groups is 1. The van der Waals surface area contributed by atoms with Gasteiger partial charge in [-0.1, -0.05) is 194 Å². The first-order chi connectivity index (χ1) is 25.1. The van der Waals surface area contributed by atoms with Crippen molar-refractivity contribution in [2.24, 2.45) is 0 Å². The summed E-state index contributed by atoms with van der Waals surface area (Å²) in [6.45, 7) is 5.41. The highest BCUT2D eigenvalue weighted by molar-refractivity contribution is 7.45. The van der Waals surface area contributed by atoms with Gasteiger partial charge >= 0.3 is 5.97 Å². The van der Waals surface area contributed by atoms with E-state index in [-0.39, 0.29) is 25.8 Å². The minimum absolute atomic E-state index is 0.0308. The number of likely N-dealkylation sites (N-methyl/N-ethyl adjacent to an activating group) is 1. The number of nitrogens with zero attached hydrogens (tertiary/aromatic N) is 1. The Hall–Kier alpha value is -0.500. The molecule has 52 heavy (non-hydrogen) atoms. The van der Waals surface area contributed by atoms with Crippen molar-refractivity contribution in [1.82, 2.24) is 0 Å². The summed E-state index contributed by atoms with van der Waals surface area (Å²) < 4.78 is 34.4. The number of rotatable bonds is 42. The van der Waals surface area contributed by atoms with E-state index in [1.165, 1.54) is 161 Å². The van der Waals surface area contributed by atoms with Crippen molar-refractivity contribution >= 4 is 13.8 Å². The Bertz CT molecular complexity index is 807. The Morgan fingerprint density at radius 2 is 0.885 bits per heavy atom. The van der Waals surface area contributed by atoms with Crippen LogP contribution in [0.2, 0.25) is 0 Å². The van der Waals surface area contributed by atoms with Gasteiger partial charge in [-0.25, -0.2) is 0 Å². The fourth-order valence-corrected chi connectivity index (χ4v) is 7.16. The number of phosphoric ester groups is 1. The van der Waals surface area contributed by atoms with Gasteiger partial charge in [-0.15, -0.1) is 0 Å². The summed E-state index contributed by atoms with van der Waals surface area (Å²) in [5, 5.41) is 0. The molecule has 0 saturated heterocycles. The highest BCUT2D eigenvalue weighted by Gasteiger charge is 2.20. The van der Waals surface area contributed by atoms with Crippen molar-refractivity contribution in [2.45, 2.75) is 219 Å². The third kappa shape index (κ3) is 40.7. The van der Waals surface area contributed by atoms with Crippen molar-refractivity contribution < 1.29 is 37.3 Å². The van der Waals surface area contributed by atoms with Gasteiger partial charge in [-0.2, -0.15) is 0 Å². The maximum atomic E-state index is 12.5. The van der Waals surface area contributed by atoms with Crippen LogP contribution in [-0.2, 0) is 27.9 Å². The Balaban J connectivity index is 3.94. The van der Waals surface area contributed by atoms with Crippen molar-refractivity contribution in [3.8, 4) is 0 Å². The van der Waals surface area contributed by atoms with E-state index in [0.717, 1.165) is 32.1 Å². The number of quaternary nitrogens is 1. The number of ether oxygens (including phenoxy) is 2. The molecule has 0 N–H and O–H groups in total. The molecular formula is C43H88NO7P. The largest absolute Gasteiger partial charge is 0.756 e. The van der Waals surface area contributed by atoms with Crippen molar-refractivity contribution in [3.63, 3.8) is 0 Å². The number of esters is 1. The molecule has 2 unspecified atom stereocenters. The molecule has 0 aromatic heterocycles. The average Bonchev–Trinajstić information content (AvgIpc) is 3.09.